The van der Waals surface area contributed by atoms with Gasteiger partial charge < -0.3 is 14.5 Å². The quantitative estimate of drug-likeness (QED) is 0.819. The van der Waals surface area contributed by atoms with Crippen molar-refractivity contribution in [1.82, 2.24) is 9.80 Å². The first-order valence-corrected chi connectivity index (χ1v) is 8.27. The van der Waals surface area contributed by atoms with Gasteiger partial charge in [0.05, 0.1) is 13.0 Å². The number of benzene rings is 1. The summed E-state index contributed by atoms with van der Waals surface area (Å²) in [4.78, 5) is 27.2. The number of rotatable bonds is 4. The van der Waals surface area contributed by atoms with Crippen LogP contribution in [0.1, 0.15) is 19.8 Å². The molecule has 0 atom stereocenters. The molecule has 0 N–H and O–H groups in total. The second kappa shape index (κ2) is 8.17. The van der Waals surface area contributed by atoms with Crippen molar-refractivity contribution in [3.05, 3.63) is 28.7 Å². The Kier molecular flexibility index (Phi) is 6.24. The minimum absolute atomic E-state index is 0.0762. The third-order valence-corrected chi connectivity index (χ3v) is 4.17. The molecule has 6 heteroatoms. The lowest BCUT2D eigenvalue weighted by Gasteiger charge is -2.21. The highest BCUT2D eigenvalue weighted by Crippen LogP contribution is 2.18. The van der Waals surface area contributed by atoms with Gasteiger partial charge in [0.2, 0.25) is 11.8 Å². The number of hydrogen-bond acceptors (Lipinski definition) is 3. The predicted molar refractivity (Wildman–Crippen MR) is 87.7 cm³/mol. The lowest BCUT2D eigenvalue weighted by molar-refractivity contribution is -0.133. The molecule has 120 valence electrons. The fourth-order valence-corrected chi connectivity index (χ4v) is 2.83. The van der Waals surface area contributed by atoms with Gasteiger partial charge in [-0.3, -0.25) is 9.59 Å². The van der Waals surface area contributed by atoms with E-state index in [4.69, 9.17) is 4.74 Å². The van der Waals surface area contributed by atoms with Crippen molar-refractivity contribution < 1.29 is 14.3 Å². The van der Waals surface area contributed by atoms with E-state index in [-0.39, 0.29) is 11.8 Å². The van der Waals surface area contributed by atoms with Crippen LogP contribution in [0.25, 0.3) is 0 Å². The Morgan fingerprint density at radius 3 is 2.64 bits per heavy atom. The van der Waals surface area contributed by atoms with Gasteiger partial charge in [0, 0.05) is 37.6 Å². The largest absolute Gasteiger partial charge is 0.493 e. The fourth-order valence-electron chi connectivity index (χ4n) is 2.45. The SMILES string of the molecule is CC(=O)N1CCCN(C(=O)CCOc2cccc(Br)c2)CC1. The van der Waals surface area contributed by atoms with Crippen molar-refractivity contribution in [2.75, 3.05) is 32.8 Å². The van der Waals surface area contributed by atoms with Gasteiger partial charge >= 0.3 is 0 Å². The van der Waals surface area contributed by atoms with E-state index in [2.05, 4.69) is 15.9 Å². The molecule has 0 saturated carbocycles. The summed E-state index contributed by atoms with van der Waals surface area (Å²) < 4.78 is 6.55. The third-order valence-electron chi connectivity index (χ3n) is 3.67. The summed E-state index contributed by atoms with van der Waals surface area (Å²) in [6.45, 7) is 4.60. The van der Waals surface area contributed by atoms with Gasteiger partial charge in [-0.25, -0.2) is 0 Å². The molecule has 0 spiro atoms. The monoisotopic (exact) mass is 368 g/mol. The van der Waals surface area contributed by atoms with Crippen LogP contribution in [0, 0.1) is 0 Å². The van der Waals surface area contributed by atoms with Crippen LogP contribution in [0.5, 0.6) is 5.75 Å². The van der Waals surface area contributed by atoms with E-state index >= 15 is 0 Å². The maximum absolute atomic E-state index is 12.2. The number of carbonyl (C=O) groups excluding carboxylic acids is 2. The highest BCUT2D eigenvalue weighted by atomic mass is 79.9. The Morgan fingerprint density at radius 2 is 1.91 bits per heavy atom. The smallest absolute Gasteiger partial charge is 0.226 e. The normalized spacial score (nSPS) is 15.4. The van der Waals surface area contributed by atoms with Crippen molar-refractivity contribution in [2.24, 2.45) is 0 Å². The highest BCUT2D eigenvalue weighted by molar-refractivity contribution is 9.10. The minimum Gasteiger partial charge on any atom is -0.493 e. The zero-order chi connectivity index (χ0) is 15.9. The predicted octanol–water partition coefficient (Wildman–Crippen LogP) is 2.30. The minimum atomic E-state index is 0.0762. The molecule has 0 radical (unpaired) electrons. The Labute approximate surface area is 139 Å². The van der Waals surface area contributed by atoms with E-state index in [0.717, 1.165) is 23.2 Å². The van der Waals surface area contributed by atoms with Crippen LogP contribution in [0.2, 0.25) is 0 Å². The van der Waals surface area contributed by atoms with Crippen LogP contribution in [0.4, 0.5) is 0 Å². The molecule has 1 saturated heterocycles. The lowest BCUT2D eigenvalue weighted by Crippen LogP contribution is -2.37. The topological polar surface area (TPSA) is 49.9 Å². The molecule has 0 aromatic heterocycles. The van der Waals surface area contributed by atoms with Gasteiger partial charge in [-0.1, -0.05) is 22.0 Å². The first kappa shape index (κ1) is 16.8. The summed E-state index contributed by atoms with van der Waals surface area (Å²) in [6.07, 6.45) is 1.18. The molecular formula is C16H21BrN2O3. The average Bonchev–Trinajstić information content (AvgIpc) is 2.73. The van der Waals surface area contributed by atoms with Crippen molar-refractivity contribution in [3.8, 4) is 5.75 Å². The van der Waals surface area contributed by atoms with Crippen LogP contribution >= 0.6 is 15.9 Å². The van der Waals surface area contributed by atoms with Gasteiger partial charge in [-0.05, 0) is 24.6 Å². The van der Waals surface area contributed by atoms with Gasteiger partial charge in [0.15, 0.2) is 0 Å². The molecule has 1 aromatic carbocycles. The number of carbonyl (C=O) groups is 2. The molecule has 5 nitrogen and oxygen atoms in total. The number of ether oxygens (including phenoxy) is 1. The summed E-state index contributed by atoms with van der Waals surface area (Å²) >= 11 is 3.38. The number of halogens is 1. The van der Waals surface area contributed by atoms with E-state index in [0.29, 0.717) is 32.7 Å². The maximum atomic E-state index is 12.2. The first-order chi connectivity index (χ1) is 10.6. The van der Waals surface area contributed by atoms with Crippen LogP contribution in [0.15, 0.2) is 28.7 Å². The standard InChI is InChI=1S/C16H21BrN2O3/c1-13(20)18-7-3-8-19(10-9-18)16(21)6-11-22-15-5-2-4-14(17)12-15/h2,4-5,12H,3,6-11H2,1H3. The van der Waals surface area contributed by atoms with Gasteiger partial charge in [0.25, 0.3) is 0 Å². The summed E-state index contributed by atoms with van der Waals surface area (Å²) in [7, 11) is 0. The molecule has 2 amide bonds. The second-order valence-corrected chi connectivity index (χ2v) is 6.21. The summed E-state index contributed by atoms with van der Waals surface area (Å²) in [5.74, 6) is 0.911. The van der Waals surface area contributed by atoms with Crippen molar-refractivity contribution >= 4 is 27.7 Å². The molecule has 1 aliphatic rings. The summed E-state index contributed by atoms with van der Waals surface area (Å²) in [6, 6.07) is 7.56. The van der Waals surface area contributed by atoms with Crippen molar-refractivity contribution in [1.29, 1.82) is 0 Å². The molecule has 0 aliphatic carbocycles. The molecule has 1 aliphatic heterocycles. The third kappa shape index (κ3) is 5.02. The zero-order valence-corrected chi connectivity index (χ0v) is 14.3. The molecule has 2 rings (SSSR count). The van der Waals surface area contributed by atoms with Crippen LogP contribution in [-0.2, 0) is 9.59 Å². The molecular weight excluding hydrogens is 348 g/mol. The summed E-state index contributed by atoms with van der Waals surface area (Å²) in [5, 5.41) is 0. The van der Waals surface area contributed by atoms with Crippen LogP contribution in [-0.4, -0.2) is 54.4 Å². The van der Waals surface area contributed by atoms with E-state index in [1.54, 1.807) is 11.8 Å². The van der Waals surface area contributed by atoms with Crippen LogP contribution < -0.4 is 4.74 Å². The van der Waals surface area contributed by atoms with Crippen LogP contribution in [0.3, 0.4) is 0 Å². The Hall–Kier alpha value is -1.56. The number of hydrogen-bond donors (Lipinski definition) is 0. The van der Waals surface area contributed by atoms with E-state index in [1.165, 1.54) is 0 Å². The molecule has 1 fully saturated rings. The van der Waals surface area contributed by atoms with E-state index in [1.807, 2.05) is 29.2 Å². The molecule has 1 heterocycles. The second-order valence-electron chi connectivity index (χ2n) is 5.30. The molecule has 0 unspecified atom stereocenters. The molecule has 1 aromatic rings. The Morgan fingerprint density at radius 1 is 1.18 bits per heavy atom. The highest BCUT2D eigenvalue weighted by Gasteiger charge is 2.19. The number of amides is 2. The molecule has 0 bridgehead atoms. The van der Waals surface area contributed by atoms with Crippen molar-refractivity contribution in [2.45, 2.75) is 19.8 Å². The maximum Gasteiger partial charge on any atom is 0.226 e. The summed E-state index contributed by atoms with van der Waals surface area (Å²) in [5.41, 5.74) is 0. The van der Waals surface area contributed by atoms with Gasteiger partial charge in [-0.2, -0.15) is 0 Å². The van der Waals surface area contributed by atoms with Gasteiger partial charge in [-0.15, -0.1) is 0 Å². The van der Waals surface area contributed by atoms with Gasteiger partial charge in [0.1, 0.15) is 5.75 Å². The van der Waals surface area contributed by atoms with E-state index < -0.39 is 0 Å². The molecule has 22 heavy (non-hydrogen) atoms. The Bertz CT molecular complexity index is 536. The van der Waals surface area contributed by atoms with E-state index in [9.17, 15) is 9.59 Å². The number of nitrogens with zero attached hydrogens (tertiary/aromatic N) is 2. The first-order valence-electron chi connectivity index (χ1n) is 7.48. The lowest BCUT2D eigenvalue weighted by atomic mass is 10.3. The fraction of sp³-hybridized carbons (Fsp3) is 0.500. The zero-order valence-electron chi connectivity index (χ0n) is 12.8. The van der Waals surface area contributed by atoms with Crippen molar-refractivity contribution in [3.63, 3.8) is 0 Å². The Balaban J connectivity index is 1.76. The average molecular weight is 369 g/mol.